The van der Waals surface area contributed by atoms with Crippen molar-refractivity contribution >= 4 is 38.5 Å². The van der Waals surface area contributed by atoms with Gasteiger partial charge in [0.1, 0.15) is 0 Å². The van der Waals surface area contributed by atoms with Gasteiger partial charge < -0.3 is 0 Å². The Kier molecular flexibility index (Phi) is 10.4. The molecule has 2 aromatic carbocycles. The monoisotopic (exact) mass is 623 g/mol. The Morgan fingerprint density at radius 3 is 2.17 bits per heavy atom. The van der Waals surface area contributed by atoms with Crippen molar-refractivity contribution in [2.45, 2.75) is 57.4 Å². The second kappa shape index (κ2) is 13.5. The summed E-state index contributed by atoms with van der Waals surface area (Å²) in [6, 6.07) is 24.8. The van der Waals surface area contributed by atoms with Crippen LogP contribution in [0.1, 0.15) is 50.3 Å². The van der Waals surface area contributed by atoms with Crippen LogP contribution in [0.3, 0.4) is 0 Å². The van der Waals surface area contributed by atoms with Gasteiger partial charge in [-0.15, -0.1) is 0 Å². The van der Waals surface area contributed by atoms with Gasteiger partial charge in [0.2, 0.25) is 0 Å². The quantitative estimate of drug-likeness (QED) is 0.194. The summed E-state index contributed by atoms with van der Waals surface area (Å²) in [7, 11) is -3.49. The minimum absolute atomic E-state index is 0.102. The van der Waals surface area contributed by atoms with E-state index in [1.54, 1.807) is 0 Å². The number of anilines is 2. The van der Waals surface area contributed by atoms with Crippen molar-refractivity contribution in [3.63, 3.8) is 0 Å². The van der Waals surface area contributed by atoms with Gasteiger partial charge in [-0.05, 0) is 0 Å². The molecule has 6 nitrogen and oxygen atoms in total. The standard InChI is InChI=1S/C32H42AsN3O3S/c1-5-16-36(40(4,37)38)31-19-28(23-39-24-32(3,33)20-26-12-8-6-9-13-26)18-30(34-31)35(22-29-17-25(29)2)21-27-14-10-7-11-15-27/h6-15,18-19,25,29H,5,16-17,20-24H2,1-4H3. The number of rotatable bonds is 15. The van der Waals surface area contributed by atoms with E-state index in [4.69, 9.17) is 9.72 Å². The van der Waals surface area contributed by atoms with Crippen molar-refractivity contribution in [2.24, 2.45) is 11.8 Å². The summed E-state index contributed by atoms with van der Waals surface area (Å²) in [5.41, 5.74) is 3.40. The number of benzene rings is 2. The molecule has 3 aromatic rings. The molecule has 0 saturated heterocycles. The Morgan fingerprint density at radius 1 is 1.00 bits per heavy atom. The van der Waals surface area contributed by atoms with Crippen molar-refractivity contribution < 1.29 is 13.2 Å². The summed E-state index contributed by atoms with van der Waals surface area (Å²) < 4.78 is 33.2. The summed E-state index contributed by atoms with van der Waals surface area (Å²) in [5.74, 6) is 2.57. The molecule has 1 aromatic heterocycles. The van der Waals surface area contributed by atoms with Crippen LogP contribution in [0.2, 0.25) is 4.20 Å². The zero-order valence-electron chi connectivity index (χ0n) is 24.2. The van der Waals surface area contributed by atoms with E-state index >= 15 is 0 Å². The summed E-state index contributed by atoms with van der Waals surface area (Å²) in [6.07, 6.45) is 4.05. The van der Waals surface area contributed by atoms with Gasteiger partial charge >= 0.3 is 244 Å². The molecule has 3 unspecified atom stereocenters. The van der Waals surface area contributed by atoms with Crippen LogP contribution < -0.4 is 9.21 Å². The fraction of sp³-hybridized carbons (Fsp3) is 0.469. The minimum atomic E-state index is -3.49. The van der Waals surface area contributed by atoms with E-state index in [1.165, 1.54) is 28.1 Å². The number of ether oxygens (including phenoxy) is 1. The molecule has 0 amide bonds. The molecule has 40 heavy (non-hydrogen) atoms. The first-order valence-electron chi connectivity index (χ1n) is 14.2. The van der Waals surface area contributed by atoms with E-state index in [-0.39, 0.29) is 4.20 Å². The molecule has 0 spiro atoms. The second-order valence-electron chi connectivity index (χ2n) is 11.5. The first-order chi connectivity index (χ1) is 19.0. The van der Waals surface area contributed by atoms with Gasteiger partial charge in [-0.25, -0.2) is 0 Å². The molecule has 8 heteroatoms. The summed E-state index contributed by atoms with van der Waals surface area (Å²) in [6.45, 7) is 9.40. The van der Waals surface area contributed by atoms with Crippen LogP contribution in [0.5, 0.6) is 0 Å². The summed E-state index contributed by atoms with van der Waals surface area (Å²) in [5, 5.41) is 0. The van der Waals surface area contributed by atoms with Crippen LogP contribution in [0, 0.1) is 11.8 Å². The van der Waals surface area contributed by atoms with E-state index in [9.17, 15) is 8.42 Å². The Labute approximate surface area is 249 Å². The topological polar surface area (TPSA) is 62.7 Å². The molecule has 214 valence electrons. The third-order valence-corrected chi connectivity index (χ3v) is 9.09. The number of hydrogen-bond acceptors (Lipinski definition) is 5. The van der Waals surface area contributed by atoms with E-state index in [2.05, 4.69) is 90.2 Å². The van der Waals surface area contributed by atoms with Crippen LogP contribution >= 0.6 is 0 Å². The van der Waals surface area contributed by atoms with Crippen LogP contribution in [-0.4, -0.2) is 56.2 Å². The second-order valence-corrected chi connectivity index (χ2v) is 15.7. The molecule has 0 bridgehead atoms. The predicted octanol–water partition coefficient (Wildman–Crippen LogP) is 6.03. The first-order valence-corrected chi connectivity index (χ1v) is 16.9. The average molecular weight is 624 g/mol. The molecule has 3 atom stereocenters. The van der Waals surface area contributed by atoms with E-state index in [1.807, 2.05) is 25.1 Å². The third-order valence-electron chi connectivity index (χ3n) is 7.32. The molecule has 1 saturated carbocycles. The van der Waals surface area contributed by atoms with Crippen molar-refractivity contribution in [1.82, 2.24) is 4.98 Å². The molecule has 1 aliphatic carbocycles. The maximum atomic E-state index is 12.8. The average Bonchev–Trinajstić information content (AvgIpc) is 3.61. The van der Waals surface area contributed by atoms with Crippen molar-refractivity contribution in [3.05, 3.63) is 89.5 Å². The molecule has 2 radical (unpaired) electrons. The zero-order valence-corrected chi connectivity index (χ0v) is 26.9. The molecule has 4 rings (SSSR count). The van der Waals surface area contributed by atoms with Crippen LogP contribution in [0.4, 0.5) is 11.6 Å². The van der Waals surface area contributed by atoms with Gasteiger partial charge in [0, 0.05) is 0 Å². The van der Waals surface area contributed by atoms with Crippen LogP contribution in [0.25, 0.3) is 0 Å². The Hall–Kier alpha value is -2.34. The fourth-order valence-corrected chi connectivity index (χ4v) is 6.56. The number of aromatic nitrogens is 1. The normalized spacial score (nSPS) is 18.2. The van der Waals surface area contributed by atoms with Gasteiger partial charge in [0.25, 0.3) is 0 Å². The first kappa shape index (κ1) is 30.6. The van der Waals surface area contributed by atoms with Crippen molar-refractivity contribution in [3.8, 4) is 0 Å². The molecular formula is C32H42AsN3O3S. The number of nitrogens with zero attached hydrogens (tertiary/aromatic N) is 3. The van der Waals surface area contributed by atoms with Gasteiger partial charge in [-0.3, -0.25) is 0 Å². The van der Waals surface area contributed by atoms with E-state index in [0.717, 1.165) is 30.9 Å². The molecular weight excluding hydrogens is 581 g/mol. The van der Waals surface area contributed by atoms with Gasteiger partial charge in [-0.2, -0.15) is 0 Å². The number of sulfonamides is 1. The van der Waals surface area contributed by atoms with Crippen LogP contribution in [-0.2, 0) is 34.3 Å². The number of hydrogen-bond donors (Lipinski definition) is 0. The van der Waals surface area contributed by atoms with Gasteiger partial charge in [0.15, 0.2) is 0 Å². The van der Waals surface area contributed by atoms with Crippen LogP contribution in [0.15, 0.2) is 72.8 Å². The third kappa shape index (κ3) is 9.09. The Morgan fingerprint density at radius 2 is 1.60 bits per heavy atom. The van der Waals surface area contributed by atoms with Crippen molar-refractivity contribution in [2.75, 3.05) is 35.2 Å². The molecule has 0 N–H and O–H groups in total. The van der Waals surface area contributed by atoms with E-state index in [0.29, 0.717) is 43.8 Å². The predicted molar refractivity (Wildman–Crippen MR) is 165 cm³/mol. The molecule has 1 heterocycles. The molecule has 1 aliphatic rings. The molecule has 1 fully saturated rings. The fourth-order valence-electron chi connectivity index (χ4n) is 5.04. The summed E-state index contributed by atoms with van der Waals surface area (Å²) in [4.78, 5) is 7.25. The van der Waals surface area contributed by atoms with Crippen molar-refractivity contribution in [1.29, 1.82) is 0 Å². The Bertz CT molecular complexity index is 1340. The molecule has 0 aliphatic heterocycles. The Balaban J connectivity index is 1.61. The van der Waals surface area contributed by atoms with Gasteiger partial charge in [0.05, 0.1) is 0 Å². The SMILES string of the molecule is CCCN(c1cc(COCC(C)([As])Cc2ccccc2)cc(N(Cc2ccccc2)CC2CC2C)n1)S(C)(=O)=O. The number of pyridine rings is 1. The summed E-state index contributed by atoms with van der Waals surface area (Å²) >= 11 is 2.76. The zero-order chi connectivity index (χ0) is 28.8. The maximum absolute atomic E-state index is 12.8. The van der Waals surface area contributed by atoms with Gasteiger partial charge in [-0.1, -0.05) is 6.07 Å². The van der Waals surface area contributed by atoms with E-state index < -0.39 is 10.0 Å².